The number of hydrogen-bond donors (Lipinski definition) is 0. The van der Waals surface area contributed by atoms with E-state index in [1.807, 2.05) is 0 Å². The Hall–Kier alpha value is -1.93. The summed E-state index contributed by atoms with van der Waals surface area (Å²) in [5.74, 6) is -5.36. The van der Waals surface area contributed by atoms with Gasteiger partial charge in [-0.1, -0.05) is 0 Å². The molecule has 0 N–H and O–H groups in total. The molecule has 0 aromatic carbocycles. The number of hydrogen-bond acceptors (Lipinski definition) is 5. The summed E-state index contributed by atoms with van der Waals surface area (Å²) < 4.78 is 58.4. The van der Waals surface area contributed by atoms with E-state index in [1.54, 1.807) is 6.92 Å². The maximum Gasteiger partial charge on any atom is 0.358 e. The number of rotatable bonds is 6. The van der Waals surface area contributed by atoms with Crippen molar-refractivity contribution in [1.29, 1.82) is 0 Å². The van der Waals surface area contributed by atoms with Gasteiger partial charge in [-0.3, -0.25) is 0 Å². The van der Waals surface area contributed by atoms with Crippen molar-refractivity contribution in [2.45, 2.75) is 26.2 Å². The molecule has 0 spiro atoms. The summed E-state index contributed by atoms with van der Waals surface area (Å²) in [6.07, 6.45) is -3.84. The van der Waals surface area contributed by atoms with Crippen LogP contribution in [0.1, 0.15) is 23.0 Å². The predicted molar refractivity (Wildman–Crippen MR) is 59.2 cm³/mol. The first-order valence-corrected chi connectivity index (χ1v) is 5.58. The highest BCUT2D eigenvalue weighted by atomic mass is 19.3. The van der Waals surface area contributed by atoms with Gasteiger partial charge in [0, 0.05) is 5.56 Å². The summed E-state index contributed by atoms with van der Waals surface area (Å²) in [6, 6.07) is 1.21. The molecule has 1 aromatic heterocycles. The Kier molecular flexibility index (Phi) is 5.23. The van der Waals surface area contributed by atoms with Gasteiger partial charge in [-0.15, -0.1) is 10.2 Å². The summed E-state index contributed by atoms with van der Waals surface area (Å²) in [5.41, 5.74) is 0.0745. The van der Waals surface area contributed by atoms with Crippen LogP contribution in [0.2, 0.25) is 0 Å². The summed E-state index contributed by atoms with van der Waals surface area (Å²) in [7, 11) is 0. The molecule has 0 saturated carbocycles. The van der Waals surface area contributed by atoms with Gasteiger partial charge in [-0.2, -0.15) is 8.78 Å². The van der Waals surface area contributed by atoms with Gasteiger partial charge in [0.1, 0.15) is 0 Å². The van der Waals surface area contributed by atoms with Gasteiger partial charge in [0.05, 0.1) is 6.61 Å². The minimum atomic E-state index is -4.28. The van der Waals surface area contributed by atoms with Crippen molar-refractivity contribution in [1.82, 2.24) is 10.2 Å². The zero-order valence-corrected chi connectivity index (χ0v) is 10.7. The first-order valence-electron chi connectivity index (χ1n) is 5.58. The molecule has 0 atom stereocenters. The highest BCUT2D eigenvalue weighted by Crippen LogP contribution is 2.24. The van der Waals surface area contributed by atoms with E-state index in [0.29, 0.717) is 0 Å². The molecule has 1 rings (SSSR count). The van der Waals surface area contributed by atoms with E-state index in [4.69, 9.17) is 0 Å². The van der Waals surface area contributed by atoms with E-state index >= 15 is 0 Å². The van der Waals surface area contributed by atoms with Crippen molar-refractivity contribution in [2.75, 3.05) is 13.2 Å². The first kappa shape index (κ1) is 16.1. The molecule has 0 aliphatic carbocycles. The zero-order chi connectivity index (χ0) is 15.3. The number of nitrogens with zero attached hydrogens (tertiary/aromatic N) is 2. The Bertz CT molecular complexity index is 483. The van der Waals surface area contributed by atoms with Crippen LogP contribution in [0.15, 0.2) is 6.07 Å². The van der Waals surface area contributed by atoms with Crippen LogP contribution in [0, 0.1) is 6.92 Å². The van der Waals surface area contributed by atoms with Crippen LogP contribution in [-0.4, -0.2) is 41.7 Å². The fraction of sp³-hybridized carbons (Fsp3) is 0.545. The van der Waals surface area contributed by atoms with Crippen molar-refractivity contribution in [3.05, 3.63) is 17.3 Å². The minimum Gasteiger partial charge on any atom is -0.470 e. The summed E-state index contributed by atoms with van der Waals surface area (Å²) >= 11 is 0. The molecule has 0 aliphatic rings. The van der Waals surface area contributed by atoms with Crippen LogP contribution in [-0.2, 0) is 4.74 Å². The normalized spacial score (nSPS) is 11.6. The molecular formula is C11H12F4N2O3. The molecule has 1 aromatic rings. The van der Waals surface area contributed by atoms with Crippen molar-refractivity contribution in [3.8, 4) is 5.88 Å². The van der Waals surface area contributed by atoms with Gasteiger partial charge < -0.3 is 9.47 Å². The van der Waals surface area contributed by atoms with Crippen molar-refractivity contribution in [2.24, 2.45) is 0 Å². The average molecular weight is 296 g/mol. The van der Waals surface area contributed by atoms with Crippen LogP contribution in [0.3, 0.4) is 0 Å². The second-order valence-corrected chi connectivity index (χ2v) is 3.79. The van der Waals surface area contributed by atoms with Gasteiger partial charge >= 0.3 is 18.3 Å². The lowest BCUT2D eigenvalue weighted by atomic mass is 10.3. The molecule has 0 unspecified atom stereocenters. The molecule has 112 valence electrons. The second-order valence-electron chi connectivity index (χ2n) is 3.79. The van der Waals surface area contributed by atoms with Gasteiger partial charge in [0.2, 0.25) is 5.88 Å². The van der Waals surface area contributed by atoms with Crippen LogP contribution < -0.4 is 4.74 Å². The maximum atomic E-state index is 12.7. The fourth-order valence-corrected chi connectivity index (χ4v) is 1.15. The van der Waals surface area contributed by atoms with E-state index in [2.05, 4.69) is 19.7 Å². The largest absolute Gasteiger partial charge is 0.470 e. The van der Waals surface area contributed by atoms with E-state index in [1.165, 1.54) is 13.0 Å². The summed E-state index contributed by atoms with van der Waals surface area (Å²) in [5, 5.41) is 6.81. The third kappa shape index (κ3) is 4.04. The third-order valence-electron chi connectivity index (χ3n) is 2.14. The van der Waals surface area contributed by atoms with E-state index < -0.39 is 24.9 Å². The molecule has 0 amide bonds. The van der Waals surface area contributed by atoms with Crippen LogP contribution in [0.4, 0.5) is 17.6 Å². The molecular weight excluding hydrogens is 284 g/mol. The van der Waals surface area contributed by atoms with Gasteiger partial charge in [0.25, 0.3) is 0 Å². The lowest BCUT2D eigenvalue weighted by Crippen LogP contribution is -2.34. The Morgan fingerprint density at radius 2 is 2.05 bits per heavy atom. The number of esters is 1. The standard InChI is InChI=1S/C11H12F4N2O3/c1-3-19-9(18)7-4-6(2)8(17-16-7)20-5-11(14,15)10(12)13/h4,10H,3,5H2,1-2H3. The number of alkyl halides is 4. The smallest absolute Gasteiger partial charge is 0.358 e. The molecule has 1 heterocycles. The Morgan fingerprint density at radius 1 is 1.40 bits per heavy atom. The molecule has 0 fully saturated rings. The van der Waals surface area contributed by atoms with E-state index in [9.17, 15) is 22.4 Å². The summed E-state index contributed by atoms with van der Waals surface area (Å²) in [4.78, 5) is 11.3. The Labute approximate surface area is 111 Å². The number of aromatic nitrogens is 2. The van der Waals surface area contributed by atoms with Gasteiger partial charge in [-0.05, 0) is 19.9 Å². The van der Waals surface area contributed by atoms with E-state index in [0.717, 1.165) is 0 Å². The quantitative estimate of drug-likeness (QED) is 0.595. The average Bonchev–Trinajstić information content (AvgIpc) is 2.37. The number of halogens is 4. The Balaban J connectivity index is 2.77. The first-order chi connectivity index (χ1) is 9.27. The molecule has 0 bridgehead atoms. The summed E-state index contributed by atoms with van der Waals surface area (Å²) in [6.45, 7) is 1.62. The third-order valence-corrected chi connectivity index (χ3v) is 2.14. The molecule has 20 heavy (non-hydrogen) atoms. The molecule has 5 nitrogen and oxygen atoms in total. The molecule has 0 radical (unpaired) electrons. The topological polar surface area (TPSA) is 61.3 Å². The lowest BCUT2D eigenvalue weighted by molar-refractivity contribution is -0.148. The SMILES string of the molecule is CCOC(=O)c1cc(C)c(OCC(F)(F)C(F)F)nn1. The monoisotopic (exact) mass is 296 g/mol. The van der Waals surface area contributed by atoms with Crippen molar-refractivity contribution in [3.63, 3.8) is 0 Å². The lowest BCUT2D eigenvalue weighted by Gasteiger charge is -2.16. The molecule has 0 saturated heterocycles. The minimum absolute atomic E-state index is 0.127. The zero-order valence-electron chi connectivity index (χ0n) is 10.7. The molecule has 0 aliphatic heterocycles. The van der Waals surface area contributed by atoms with Crippen molar-refractivity contribution >= 4 is 5.97 Å². The maximum absolute atomic E-state index is 12.7. The van der Waals surface area contributed by atoms with Crippen LogP contribution in [0.5, 0.6) is 5.88 Å². The number of carbonyl (C=O) groups excluding carboxylic acids is 1. The van der Waals surface area contributed by atoms with Gasteiger partial charge in [0.15, 0.2) is 12.3 Å². The predicted octanol–water partition coefficient (Wildman–Crippen LogP) is 2.24. The number of aryl methyl sites for hydroxylation is 1. The van der Waals surface area contributed by atoms with Crippen LogP contribution in [0.25, 0.3) is 0 Å². The second kappa shape index (κ2) is 6.49. The number of carbonyl (C=O) groups is 1. The molecule has 9 heteroatoms. The highest BCUT2D eigenvalue weighted by Gasteiger charge is 2.42. The van der Waals surface area contributed by atoms with Crippen molar-refractivity contribution < 1.29 is 31.8 Å². The van der Waals surface area contributed by atoms with Crippen LogP contribution >= 0.6 is 0 Å². The Morgan fingerprint density at radius 3 is 2.55 bits per heavy atom. The fourth-order valence-electron chi connectivity index (χ4n) is 1.15. The van der Waals surface area contributed by atoms with Gasteiger partial charge in [-0.25, -0.2) is 13.6 Å². The van der Waals surface area contributed by atoms with E-state index in [-0.39, 0.29) is 23.7 Å². The highest BCUT2D eigenvalue weighted by molar-refractivity contribution is 5.87. The number of ether oxygens (including phenoxy) is 2.